The molecule has 0 saturated heterocycles. The predicted molar refractivity (Wildman–Crippen MR) is 69.6 cm³/mol. The van der Waals surface area contributed by atoms with Crippen LogP contribution < -0.4 is 16.0 Å². The molecule has 3 N–H and O–H groups in total. The van der Waals surface area contributed by atoms with Gasteiger partial charge in [-0.25, -0.2) is 17.9 Å². The SMILES string of the molecule is Cc1[nH]c(=O)[nH]c(=O)c1S(=O)(=O)NC1CCCCC1. The standard InChI is InChI=1S/C11H17N3O4S/c1-7-9(10(15)13-11(16)12-7)19(17,18)14-8-5-3-2-4-6-8/h8,14H,2-6H2,1H3,(H2,12,13,15,16). The number of hydrogen-bond acceptors (Lipinski definition) is 4. The number of nitrogens with one attached hydrogen (secondary N) is 3. The molecular formula is C11H17N3O4S. The molecule has 0 spiro atoms. The maximum absolute atomic E-state index is 12.2. The van der Waals surface area contributed by atoms with Crippen molar-refractivity contribution in [2.75, 3.05) is 0 Å². The fourth-order valence-corrected chi connectivity index (χ4v) is 3.95. The number of aryl methyl sites for hydroxylation is 1. The van der Waals surface area contributed by atoms with Crippen LogP contribution in [-0.2, 0) is 10.0 Å². The topological polar surface area (TPSA) is 112 Å². The van der Waals surface area contributed by atoms with E-state index < -0.39 is 26.2 Å². The maximum Gasteiger partial charge on any atom is 0.325 e. The molecule has 0 aliphatic heterocycles. The molecule has 2 rings (SSSR count). The quantitative estimate of drug-likeness (QED) is 0.725. The van der Waals surface area contributed by atoms with Gasteiger partial charge in [-0.15, -0.1) is 0 Å². The summed E-state index contributed by atoms with van der Waals surface area (Å²) < 4.78 is 26.9. The Hall–Kier alpha value is -1.41. The Bertz CT molecular complexity index is 668. The molecule has 106 valence electrons. The Morgan fingerprint density at radius 3 is 2.32 bits per heavy atom. The second-order valence-electron chi connectivity index (χ2n) is 4.82. The third-order valence-electron chi connectivity index (χ3n) is 3.27. The molecule has 1 fully saturated rings. The van der Waals surface area contributed by atoms with Gasteiger partial charge in [0.05, 0.1) is 0 Å². The minimum absolute atomic E-state index is 0.0528. The first-order valence-electron chi connectivity index (χ1n) is 6.26. The summed E-state index contributed by atoms with van der Waals surface area (Å²) in [5, 5.41) is 0. The zero-order valence-corrected chi connectivity index (χ0v) is 11.5. The van der Waals surface area contributed by atoms with Crippen molar-refractivity contribution >= 4 is 10.0 Å². The molecule has 8 heteroatoms. The summed E-state index contributed by atoms with van der Waals surface area (Å²) in [7, 11) is -3.90. The molecule has 1 saturated carbocycles. The molecule has 1 aromatic rings. The van der Waals surface area contributed by atoms with E-state index in [0.717, 1.165) is 32.1 Å². The van der Waals surface area contributed by atoms with Crippen LogP contribution in [0.1, 0.15) is 37.8 Å². The van der Waals surface area contributed by atoms with E-state index in [1.54, 1.807) is 0 Å². The van der Waals surface area contributed by atoms with Gasteiger partial charge in [-0.3, -0.25) is 9.78 Å². The van der Waals surface area contributed by atoms with Crippen molar-refractivity contribution < 1.29 is 8.42 Å². The van der Waals surface area contributed by atoms with Crippen molar-refractivity contribution in [2.45, 2.75) is 50.0 Å². The molecule has 0 aromatic carbocycles. The van der Waals surface area contributed by atoms with Crippen LogP contribution in [0.15, 0.2) is 14.5 Å². The van der Waals surface area contributed by atoms with Gasteiger partial charge in [0.2, 0.25) is 10.0 Å². The second kappa shape index (κ2) is 5.30. The number of aromatic nitrogens is 2. The maximum atomic E-state index is 12.2. The van der Waals surface area contributed by atoms with Crippen molar-refractivity contribution in [3.63, 3.8) is 0 Å². The van der Waals surface area contributed by atoms with Gasteiger partial charge in [0.1, 0.15) is 0 Å². The monoisotopic (exact) mass is 287 g/mol. The Labute approximate surface area is 110 Å². The number of hydrogen-bond donors (Lipinski definition) is 3. The molecule has 0 bridgehead atoms. The van der Waals surface area contributed by atoms with E-state index in [-0.39, 0.29) is 11.7 Å². The summed E-state index contributed by atoms with van der Waals surface area (Å²) in [5.74, 6) is 0. The van der Waals surface area contributed by atoms with Crippen molar-refractivity contribution in [1.82, 2.24) is 14.7 Å². The highest BCUT2D eigenvalue weighted by molar-refractivity contribution is 7.89. The molecule has 1 heterocycles. The van der Waals surface area contributed by atoms with E-state index in [0.29, 0.717) is 0 Å². The van der Waals surface area contributed by atoms with Gasteiger partial charge in [0, 0.05) is 11.7 Å². The molecule has 0 radical (unpaired) electrons. The van der Waals surface area contributed by atoms with Crippen LogP contribution in [-0.4, -0.2) is 24.4 Å². The lowest BCUT2D eigenvalue weighted by Gasteiger charge is -2.22. The highest BCUT2D eigenvalue weighted by atomic mass is 32.2. The molecule has 19 heavy (non-hydrogen) atoms. The first-order chi connectivity index (χ1) is 8.90. The van der Waals surface area contributed by atoms with Crippen molar-refractivity contribution in [3.8, 4) is 0 Å². The van der Waals surface area contributed by atoms with E-state index in [4.69, 9.17) is 0 Å². The smallest absolute Gasteiger partial charge is 0.310 e. The number of aromatic amines is 2. The van der Waals surface area contributed by atoms with Crippen LogP contribution in [0.5, 0.6) is 0 Å². The van der Waals surface area contributed by atoms with Crippen molar-refractivity contribution in [2.24, 2.45) is 0 Å². The van der Waals surface area contributed by atoms with Crippen LogP contribution in [0.3, 0.4) is 0 Å². The fraction of sp³-hybridized carbons (Fsp3) is 0.636. The van der Waals surface area contributed by atoms with E-state index in [1.807, 2.05) is 4.98 Å². The van der Waals surface area contributed by atoms with Crippen molar-refractivity contribution in [1.29, 1.82) is 0 Å². The molecule has 1 aromatic heterocycles. The van der Waals surface area contributed by atoms with E-state index in [1.165, 1.54) is 6.92 Å². The van der Waals surface area contributed by atoms with Gasteiger partial charge in [0.15, 0.2) is 4.90 Å². The van der Waals surface area contributed by atoms with Gasteiger partial charge in [-0.1, -0.05) is 19.3 Å². The summed E-state index contributed by atoms with van der Waals surface area (Å²) in [6.45, 7) is 1.39. The Morgan fingerprint density at radius 2 is 1.74 bits per heavy atom. The minimum atomic E-state index is -3.90. The average molecular weight is 287 g/mol. The van der Waals surface area contributed by atoms with E-state index in [2.05, 4.69) is 9.71 Å². The minimum Gasteiger partial charge on any atom is -0.310 e. The van der Waals surface area contributed by atoms with Gasteiger partial charge in [0.25, 0.3) is 5.56 Å². The summed E-state index contributed by atoms with van der Waals surface area (Å²) in [5.41, 5.74) is -1.54. The van der Waals surface area contributed by atoms with Crippen molar-refractivity contribution in [3.05, 3.63) is 26.5 Å². The predicted octanol–water partition coefficient (Wildman–Crippen LogP) is -0.0174. The number of sulfonamides is 1. The van der Waals surface area contributed by atoms with Crippen LogP contribution in [0.2, 0.25) is 0 Å². The first-order valence-corrected chi connectivity index (χ1v) is 7.74. The van der Waals surface area contributed by atoms with E-state index in [9.17, 15) is 18.0 Å². The fourth-order valence-electron chi connectivity index (χ4n) is 2.41. The number of rotatable bonds is 3. The summed E-state index contributed by atoms with van der Waals surface area (Å²) in [4.78, 5) is 26.5. The van der Waals surface area contributed by atoms with Crippen LogP contribution in [0.4, 0.5) is 0 Å². The molecule has 1 aliphatic rings. The van der Waals surface area contributed by atoms with Crippen LogP contribution in [0.25, 0.3) is 0 Å². The molecule has 7 nitrogen and oxygen atoms in total. The van der Waals surface area contributed by atoms with Gasteiger partial charge in [-0.2, -0.15) is 0 Å². The Kier molecular flexibility index (Phi) is 3.91. The second-order valence-corrected chi connectivity index (χ2v) is 6.47. The zero-order chi connectivity index (χ0) is 14.0. The van der Waals surface area contributed by atoms with Gasteiger partial charge in [-0.05, 0) is 19.8 Å². The molecule has 1 aliphatic carbocycles. The zero-order valence-electron chi connectivity index (χ0n) is 10.7. The van der Waals surface area contributed by atoms with Gasteiger partial charge >= 0.3 is 5.69 Å². The van der Waals surface area contributed by atoms with E-state index >= 15 is 0 Å². The van der Waals surface area contributed by atoms with Gasteiger partial charge < -0.3 is 4.98 Å². The normalized spacial score (nSPS) is 17.5. The van der Waals surface area contributed by atoms with Crippen LogP contribution >= 0.6 is 0 Å². The lowest BCUT2D eigenvalue weighted by Crippen LogP contribution is -2.40. The third kappa shape index (κ3) is 3.13. The van der Waals surface area contributed by atoms with Crippen LogP contribution in [0, 0.1) is 6.92 Å². The average Bonchev–Trinajstić information content (AvgIpc) is 2.27. The highest BCUT2D eigenvalue weighted by Gasteiger charge is 2.26. The molecule has 0 unspecified atom stereocenters. The number of H-pyrrole nitrogens is 2. The lowest BCUT2D eigenvalue weighted by molar-refractivity contribution is 0.411. The Balaban J connectivity index is 2.34. The Morgan fingerprint density at radius 1 is 1.11 bits per heavy atom. The summed E-state index contributed by atoms with van der Waals surface area (Å²) >= 11 is 0. The highest BCUT2D eigenvalue weighted by Crippen LogP contribution is 2.19. The summed E-state index contributed by atoms with van der Waals surface area (Å²) in [6, 6.07) is -0.135. The largest absolute Gasteiger partial charge is 0.325 e. The molecule has 0 amide bonds. The third-order valence-corrected chi connectivity index (χ3v) is 4.94. The first kappa shape index (κ1) is 14.0. The lowest BCUT2D eigenvalue weighted by atomic mass is 9.96. The molecular weight excluding hydrogens is 270 g/mol. The molecule has 0 atom stereocenters. The summed E-state index contributed by atoms with van der Waals surface area (Å²) in [6.07, 6.45) is 4.62.